The van der Waals surface area contributed by atoms with E-state index >= 15 is 0 Å². The van der Waals surface area contributed by atoms with Gasteiger partial charge in [-0.15, -0.1) is 0 Å². The van der Waals surface area contributed by atoms with E-state index in [0.29, 0.717) is 40.4 Å². The number of halogens is 2. The maximum atomic E-state index is 14.1. The van der Waals surface area contributed by atoms with Crippen LogP contribution in [0, 0.1) is 11.6 Å². The molecule has 9 nitrogen and oxygen atoms in total. The van der Waals surface area contributed by atoms with Gasteiger partial charge in [0.2, 0.25) is 5.43 Å². The maximum absolute atomic E-state index is 14.1. The molecule has 3 aliphatic heterocycles. The first-order valence-corrected chi connectivity index (χ1v) is 17.6. The number of benzene rings is 3. The molecule has 0 unspecified atom stereocenters. The molecule has 3 saturated heterocycles. The number of nitrogens with zero attached hydrogens (tertiary/aromatic N) is 4. The van der Waals surface area contributed by atoms with Gasteiger partial charge >= 0.3 is 0 Å². The highest BCUT2D eigenvalue weighted by molar-refractivity contribution is 6.07. The quantitative estimate of drug-likeness (QED) is 0.106. The topological polar surface area (TPSA) is 73.2 Å². The normalized spacial score (nSPS) is 18.3. The van der Waals surface area contributed by atoms with Crippen molar-refractivity contribution in [3.63, 3.8) is 0 Å². The minimum absolute atomic E-state index is 0.0179. The van der Waals surface area contributed by atoms with Crippen molar-refractivity contribution in [1.82, 2.24) is 9.47 Å². The lowest BCUT2D eigenvalue weighted by molar-refractivity contribution is -0.941. The molecule has 1 aromatic heterocycles. The van der Waals surface area contributed by atoms with Gasteiger partial charge in [0.05, 0.1) is 52.5 Å². The van der Waals surface area contributed by atoms with Gasteiger partial charge in [-0.2, -0.15) is 0 Å². The molecule has 11 heteroatoms. The summed E-state index contributed by atoms with van der Waals surface area (Å²) < 4.78 is 48.4. The van der Waals surface area contributed by atoms with Crippen molar-refractivity contribution in [2.45, 2.75) is 39.0 Å². The number of pyridine rings is 1. The van der Waals surface area contributed by atoms with E-state index in [1.54, 1.807) is 55.0 Å². The highest BCUT2D eigenvalue weighted by Gasteiger charge is 2.37. The number of anilines is 1. The SMILES string of the molecule is CCN(C(=O)c1cn(-c2ccc(OC)c(OC)c2)c2cc(OCCCCCCC[N+]34CCN(CC3)CC4)ccc2c1=O)c1cc(F)cc(F)c1. The minimum Gasteiger partial charge on any atom is -0.494 e. The van der Waals surface area contributed by atoms with Gasteiger partial charge in [0.15, 0.2) is 11.5 Å². The lowest BCUT2D eigenvalue weighted by Crippen LogP contribution is -2.67. The fourth-order valence-corrected chi connectivity index (χ4v) is 7.36. The summed E-state index contributed by atoms with van der Waals surface area (Å²) in [5, 5.41) is 0.293. The molecule has 4 aromatic rings. The summed E-state index contributed by atoms with van der Waals surface area (Å²) in [6, 6.07) is 13.4. The zero-order chi connectivity index (χ0) is 35.3. The van der Waals surface area contributed by atoms with Crippen molar-refractivity contribution in [2.75, 3.05) is 78.1 Å². The third-order valence-corrected chi connectivity index (χ3v) is 10.3. The van der Waals surface area contributed by atoms with Crippen molar-refractivity contribution in [3.05, 3.63) is 88.2 Å². The van der Waals surface area contributed by atoms with Crippen LogP contribution in [-0.2, 0) is 0 Å². The second kappa shape index (κ2) is 15.6. The summed E-state index contributed by atoms with van der Waals surface area (Å²) in [4.78, 5) is 31.6. The molecular weight excluding hydrogens is 642 g/mol. The molecule has 3 aliphatic rings. The van der Waals surface area contributed by atoms with Gasteiger partial charge in [-0.3, -0.25) is 14.5 Å². The third-order valence-electron chi connectivity index (χ3n) is 10.3. The van der Waals surface area contributed by atoms with E-state index in [1.807, 2.05) is 0 Å². The fraction of sp³-hybridized carbons (Fsp3) is 0.436. The lowest BCUT2D eigenvalue weighted by Gasteiger charge is -2.50. The highest BCUT2D eigenvalue weighted by Crippen LogP contribution is 2.32. The van der Waals surface area contributed by atoms with E-state index in [9.17, 15) is 18.4 Å². The number of amides is 1. The number of carbonyl (C=O) groups is 1. The summed E-state index contributed by atoms with van der Waals surface area (Å²) in [6.45, 7) is 11.3. The molecule has 50 heavy (non-hydrogen) atoms. The summed E-state index contributed by atoms with van der Waals surface area (Å²) >= 11 is 0. The molecule has 0 saturated carbocycles. The molecule has 7 rings (SSSR count). The summed E-state index contributed by atoms with van der Waals surface area (Å²) in [6.07, 6.45) is 7.18. The standard InChI is InChI=1S/C39H47F2N4O5/c1-4-43(31-23-28(40)22-29(41)24-31)39(47)34-27-44(30-10-13-36(48-2)37(25-30)49-3)35-26-32(11-12-33(35)38(34)46)50-21-9-7-5-6-8-17-45-18-14-42(15-19-45)16-20-45/h10-13,22-27H,4-9,14-21H2,1-3H3/q+1. The molecule has 0 radical (unpaired) electrons. The number of methoxy groups -OCH3 is 2. The molecular formula is C39H47F2N4O5+. The number of piperazine rings is 3. The van der Waals surface area contributed by atoms with Gasteiger partial charge < -0.3 is 28.2 Å². The summed E-state index contributed by atoms with van der Waals surface area (Å²) in [5.41, 5.74) is 0.502. The van der Waals surface area contributed by atoms with Crippen LogP contribution in [0.3, 0.4) is 0 Å². The number of quaternary nitrogens is 1. The monoisotopic (exact) mass is 689 g/mol. The van der Waals surface area contributed by atoms with Gasteiger partial charge in [0, 0.05) is 67.3 Å². The number of carbonyl (C=O) groups excluding carboxylic acids is 1. The van der Waals surface area contributed by atoms with Crippen LogP contribution in [0.15, 0.2) is 65.6 Å². The van der Waals surface area contributed by atoms with Gasteiger partial charge in [0.25, 0.3) is 5.91 Å². The number of rotatable bonds is 15. The number of unbranched alkanes of at least 4 members (excludes halogenated alkanes) is 4. The second-order valence-corrected chi connectivity index (χ2v) is 13.3. The fourth-order valence-electron chi connectivity index (χ4n) is 7.36. The van der Waals surface area contributed by atoms with E-state index in [4.69, 9.17) is 14.2 Å². The van der Waals surface area contributed by atoms with Crippen molar-refractivity contribution in [1.29, 1.82) is 0 Å². The first kappa shape index (κ1) is 35.3. The van der Waals surface area contributed by atoms with Crippen LogP contribution in [0.25, 0.3) is 16.6 Å². The van der Waals surface area contributed by atoms with Crippen LogP contribution in [0.2, 0.25) is 0 Å². The molecule has 3 fully saturated rings. The minimum atomic E-state index is -0.820. The van der Waals surface area contributed by atoms with Gasteiger partial charge in [0.1, 0.15) is 22.9 Å². The van der Waals surface area contributed by atoms with Crippen LogP contribution in [0.5, 0.6) is 17.2 Å². The predicted octanol–water partition coefficient (Wildman–Crippen LogP) is 6.43. The average molecular weight is 690 g/mol. The van der Waals surface area contributed by atoms with Crippen molar-refractivity contribution < 1.29 is 32.3 Å². The molecule has 4 heterocycles. The Labute approximate surface area is 292 Å². The molecule has 0 aliphatic carbocycles. The Morgan fingerprint density at radius 3 is 2.20 bits per heavy atom. The van der Waals surface area contributed by atoms with Gasteiger partial charge in [-0.25, -0.2) is 8.78 Å². The Kier molecular flexibility index (Phi) is 11.0. The van der Waals surface area contributed by atoms with Gasteiger partial charge in [-0.05, 0) is 62.6 Å². The van der Waals surface area contributed by atoms with E-state index < -0.39 is 23.0 Å². The van der Waals surface area contributed by atoms with E-state index in [-0.39, 0.29) is 17.8 Å². The van der Waals surface area contributed by atoms with E-state index in [1.165, 1.54) is 87.8 Å². The number of aromatic nitrogens is 1. The average Bonchev–Trinajstić information content (AvgIpc) is 3.13. The number of ether oxygens (including phenoxy) is 3. The number of hydrogen-bond donors (Lipinski definition) is 0. The smallest absolute Gasteiger partial charge is 0.263 e. The van der Waals surface area contributed by atoms with Crippen molar-refractivity contribution >= 4 is 22.5 Å². The molecule has 3 aromatic carbocycles. The molecule has 0 N–H and O–H groups in total. The highest BCUT2D eigenvalue weighted by atomic mass is 19.1. The summed E-state index contributed by atoms with van der Waals surface area (Å²) in [5.74, 6) is -0.731. The van der Waals surface area contributed by atoms with Crippen LogP contribution < -0.4 is 24.5 Å². The lowest BCUT2D eigenvalue weighted by atomic mass is 10.1. The Balaban J connectivity index is 1.20. The number of hydrogen-bond acceptors (Lipinski definition) is 6. The Morgan fingerprint density at radius 1 is 0.840 bits per heavy atom. The number of fused-ring (bicyclic) bond motifs is 4. The molecule has 1 amide bonds. The van der Waals surface area contributed by atoms with Crippen LogP contribution in [-0.4, -0.2) is 93.0 Å². The zero-order valence-corrected chi connectivity index (χ0v) is 29.3. The van der Waals surface area contributed by atoms with E-state index in [2.05, 4.69) is 4.90 Å². The predicted molar refractivity (Wildman–Crippen MR) is 191 cm³/mol. The largest absolute Gasteiger partial charge is 0.494 e. The third kappa shape index (κ3) is 7.63. The molecule has 266 valence electrons. The van der Waals surface area contributed by atoms with Crippen molar-refractivity contribution in [2.24, 2.45) is 0 Å². The van der Waals surface area contributed by atoms with E-state index in [0.717, 1.165) is 31.0 Å². The summed E-state index contributed by atoms with van der Waals surface area (Å²) in [7, 11) is 3.07. The second-order valence-electron chi connectivity index (χ2n) is 13.3. The van der Waals surface area contributed by atoms with Crippen molar-refractivity contribution in [3.8, 4) is 22.9 Å². The van der Waals surface area contributed by atoms with Crippen LogP contribution >= 0.6 is 0 Å². The molecule has 0 atom stereocenters. The van der Waals surface area contributed by atoms with Crippen LogP contribution in [0.1, 0.15) is 49.4 Å². The Bertz CT molecular complexity index is 1850. The Hall–Kier alpha value is -4.48. The first-order chi connectivity index (χ1) is 24.2. The van der Waals surface area contributed by atoms with Gasteiger partial charge in [-0.1, -0.05) is 12.8 Å². The Morgan fingerprint density at radius 2 is 1.52 bits per heavy atom. The zero-order valence-electron chi connectivity index (χ0n) is 29.3. The molecule has 0 spiro atoms. The first-order valence-electron chi connectivity index (χ1n) is 17.6. The van der Waals surface area contributed by atoms with Crippen LogP contribution in [0.4, 0.5) is 14.5 Å². The maximum Gasteiger partial charge on any atom is 0.263 e. The molecule has 2 bridgehead atoms.